The summed E-state index contributed by atoms with van der Waals surface area (Å²) in [4.78, 5) is 19.3. The number of nitrogens with one attached hydrogen (secondary N) is 2. The summed E-state index contributed by atoms with van der Waals surface area (Å²) >= 11 is 0. The third kappa shape index (κ3) is 5.69. The van der Waals surface area contributed by atoms with E-state index in [0.717, 1.165) is 43.7 Å². The van der Waals surface area contributed by atoms with Crippen molar-refractivity contribution in [1.29, 1.82) is 0 Å². The number of aromatic nitrogens is 1. The summed E-state index contributed by atoms with van der Waals surface area (Å²) < 4.78 is 25.5. The van der Waals surface area contributed by atoms with E-state index < -0.39 is 10.0 Å². The monoisotopic (exact) mass is 402 g/mol. The Balaban J connectivity index is 1.54. The summed E-state index contributed by atoms with van der Waals surface area (Å²) in [7, 11) is -3.39. The molecule has 1 aromatic carbocycles. The highest BCUT2D eigenvalue weighted by atomic mass is 32.2. The number of benzene rings is 1. The molecule has 0 atom stereocenters. The average molecular weight is 403 g/mol. The Bertz CT molecular complexity index is 938. The van der Waals surface area contributed by atoms with E-state index in [9.17, 15) is 13.2 Å². The minimum absolute atomic E-state index is 0.102. The average Bonchev–Trinajstić information content (AvgIpc) is 2.63. The maximum Gasteiger partial charge on any atom is 0.229 e. The summed E-state index contributed by atoms with van der Waals surface area (Å²) in [6.45, 7) is 3.66. The van der Waals surface area contributed by atoms with Gasteiger partial charge in [0.2, 0.25) is 15.9 Å². The number of nitrogens with zero attached hydrogens (tertiary/aromatic N) is 2. The number of anilines is 2. The molecule has 1 amide bonds. The fourth-order valence-corrected chi connectivity index (χ4v) is 3.98. The topological polar surface area (TPSA) is 91.4 Å². The molecule has 150 valence electrons. The molecule has 0 saturated carbocycles. The van der Waals surface area contributed by atoms with Crippen molar-refractivity contribution < 1.29 is 13.2 Å². The van der Waals surface area contributed by atoms with Crippen LogP contribution in [0.3, 0.4) is 0 Å². The highest BCUT2D eigenvalue weighted by molar-refractivity contribution is 7.92. The van der Waals surface area contributed by atoms with Crippen LogP contribution in [0.1, 0.15) is 24.1 Å². The fraction of sp³-hybridized carbons (Fsp3) is 0.400. The van der Waals surface area contributed by atoms with Crippen molar-refractivity contribution in [2.75, 3.05) is 29.0 Å². The summed E-state index contributed by atoms with van der Waals surface area (Å²) in [6.07, 6.45) is 2.94. The van der Waals surface area contributed by atoms with Gasteiger partial charge in [-0.2, -0.15) is 0 Å². The Hall–Kier alpha value is -2.61. The third-order valence-corrected chi connectivity index (χ3v) is 5.31. The van der Waals surface area contributed by atoms with E-state index >= 15 is 0 Å². The van der Waals surface area contributed by atoms with Gasteiger partial charge in [-0.25, -0.2) is 13.4 Å². The molecular weight excluding hydrogens is 376 g/mol. The lowest BCUT2D eigenvalue weighted by Gasteiger charge is -2.33. The van der Waals surface area contributed by atoms with Crippen molar-refractivity contribution in [2.24, 2.45) is 0 Å². The standard InChI is InChI=1S/C20H26N4O3S/c1-15-6-5-9-19(21-15)24-12-10-17(11-13-24)22-20(25)14-16-7-3-4-8-18(16)23-28(2,26)27/h3-9,17,23H,10-14H2,1-2H3,(H,22,25). The van der Waals surface area contributed by atoms with Gasteiger partial charge in [-0.3, -0.25) is 9.52 Å². The molecule has 0 unspecified atom stereocenters. The van der Waals surface area contributed by atoms with Crippen LogP contribution in [0, 0.1) is 6.92 Å². The predicted molar refractivity (Wildman–Crippen MR) is 111 cm³/mol. The summed E-state index contributed by atoms with van der Waals surface area (Å²) in [5, 5.41) is 3.08. The molecule has 1 aliphatic rings. The van der Waals surface area contributed by atoms with E-state index in [2.05, 4.69) is 19.9 Å². The Morgan fingerprint density at radius 2 is 1.86 bits per heavy atom. The van der Waals surface area contributed by atoms with Gasteiger partial charge in [-0.15, -0.1) is 0 Å². The zero-order valence-corrected chi connectivity index (χ0v) is 17.0. The summed E-state index contributed by atoms with van der Waals surface area (Å²) in [6, 6.07) is 13.1. The van der Waals surface area contributed by atoms with Crippen LogP contribution in [0.2, 0.25) is 0 Å². The molecule has 1 aromatic heterocycles. The van der Waals surface area contributed by atoms with Gasteiger partial charge in [0.25, 0.3) is 0 Å². The second kappa shape index (κ2) is 8.60. The van der Waals surface area contributed by atoms with Crippen molar-refractivity contribution >= 4 is 27.4 Å². The molecule has 0 bridgehead atoms. The molecule has 8 heteroatoms. The number of amides is 1. The molecule has 0 aliphatic carbocycles. The number of pyridine rings is 1. The van der Waals surface area contributed by atoms with E-state index in [4.69, 9.17) is 0 Å². The van der Waals surface area contributed by atoms with Crippen LogP contribution in [0.4, 0.5) is 11.5 Å². The van der Waals surface area contributed by atoms with Crippen LogP contribution in [-0.2, 0) is 21.2 Å². The molecule has 3 rings (SSSR count). The molecule has 0 spiro atoms. The van der Waals surface area contributed by atoms with E-state index in [1.54, 1.807) is 24.3 Å². The Morgan fingerprint density at radius 1 is 1.14 bits per heavy atom. The minimum atomic E-state index is -3.39. The van der Waals surface area contributed by atoms with Gasteiger partial charge >= 0.3 is 0 Å². The molecule has 1 fully saturated rings. The van der Waals surface area contributed by atoms with E-state index in [1.807, 2.05) is 25.1 Å². The van der Waals surface area contributed by atoms with Gasteiger partial charge in [-0.1, -0.05) is 24.3 Å². The second-order valence-electron chi connectivity index (χ2n) is 7.17. The number of rotatable bonds is 6. The first-order valence-electron chi connectivity index (χ1n) is 9.34. The predicted octanol–water partition coefficient (Wildman–Crippen LogP) is 2.09. The number of aryl methyl sites for hydroxylation is 1. The molecule has 7 nitrogen and oxygen atoms in total. The molecule has 2 heterocycles. The van der Waals surface area contributed by atoms with Crippen molar-refractivity contribution in [2.45, 2.75) is 32.2 Å². The van der Waals surface area contributed by atoms with E-state index in [0.29, 0.717) is 11.3 Å². The van der Waals surface area contributed by atoms with Gasteiger partial charge in [0, 0.05) is 24.8 Å². The molecule has 0 radical (unpaired) electrons. The quantitative estimate of drug-likeness (QED) is 0.772. The number of carbonyl (C=O) groups is 1. The SMILES string of the molecule is Cc1cccc(N2CCC(NC(=O)Cc3ccccc3NS(C)(=O)=O)CC2)n1. The largest absolute Gasteiger partial charge is 0.356 e. The van der Waals surface area contributed by atoms with Crippen molar-refractivity contribution in [3.8, 4) is 0 Å². The second-order valence-corrected chi connectivity index (χ2v) is 8.92. The Kier molecular flexibility index (Phi) is 6.18. The molecule has 1 saturated heterocycles. The van der Waals surface area contributed by atoms with Gasteiger partial charge in [0.1, 0.15) is 5.82 Å². The zero-order chi connectivity index (χ0) is 20.1. The van der Waals surface area contributed by atoms with Crippen LogP contribution in [0.5, 0.6) is 0 Å². The smallest absolute Gasteiger partial charge is 0.229 e. The van der Waals surface area contributed by atoms with Crippen LogP contribution < -0.4 is 14.9 Å². The fourth-order valence-electron chi connectivity index (χ4n) is 3.38. The normalized spacial score (nSPS) is 15.3. The minimum Gasteiger partial charge on any atom is -0.356 e. The number of carbonyl (C=O) groups excluding carboxylic acids is 1. The first-order valence-corrected chi connectivity index (χ1v) is 11.2. The molecule has 2 N–H and O–H groups in total. The first kappa shape index (κ1) is 20.1. The molecule has 2 aromatic rings. The summed E-state index contributed by atoms with van der Waals surface area (Å²) in [5.41, 5.74) is 2.10. The highest BCUT2D eigenvalue weighted by Crippen LogP contribution is 2.20. The molecule has 28 heavy (non-hydrogen) atoms. The van der Waals surface area contributed by atoms with Gasteiger partial charge in [0.15, 0.2) is 0 Å². The van der Waals surface area contributed by atoms with Gasteiger partial charge in [-0.05, 0) is 43.5 Å². The Labute approximate surface area is 166 Å². The van der Waals surface area contributed by atoms with Crippen molar-refractivity contribution in [1.82, 2.24) is 10.3 Å². The molecule has 1 aliphatic heterocycles. The first-order chi connectivity index (χ1) is 13.3. The van der Waals surface area contributed by atoms with Gasteiger partial charge in [0.05, 0.1) is 18.4 Å². The van der Waals surface area contributed by atoms with Crippen LogP contribution in [0.15, 0.2) is 42.5 Å². The lowest BCUT2D eigenvalue weighted by atomic mass is 10.0. The van der Waals surface area contributed by atoms with Crippen LogP contribution >= 0.6 is 0 Å². The van der Waals surface area contributed by atoms with Crippen molar-refractivity contribution in [3.05, 3.63) is 53.7 Å². The van der Waals surface area contributed by atoms with Crippen LogP contribution in [-0.4, -0.2) is 44.7 Å². The molecular formula is C20H26N4O3S. The van der Waals surface area contributed by atoms with Crippen LogP contribution in [0.25, 0.3) is 0 Å². The maximum absolute atomic E-state index is 12.5. The highest BCUT2D eigenvalue weighted by Gasteiger charge is 2.22. The van der Waals surface area contributed by atoms with Crippen molar-refractivity contribution in [3.63, 3.8) is 0 Å². The van der Waals surface area contributed by atoms with Gasteiger partial charge < -0.3 is 10.2 Å². The number of piperidine rings is 1. The summed E-state index contributed by atoms with van der Waals surface area (Å²) in [5.74, 6) is 0.875. The van der Waals surface area contributed by atoms with E-state index in [1.165, 1.54) is 0 Å². The number of para-hydroxylation sites is 1. The third-order valence-electron chi connectivity index (χ3n) is 4.72. The van der Waals surface area contributed by atoms with E-state index in [-0.39, 0.29) is 18.4 Å². The number of hydrogen-bond acceptors (Lipinski definition) is 5. The zero-order valence-electron chi connectivity index (χ0n) is 16.2. The number of hydrogen-bond donors (Lipinski definition) is 2. The Morgan fingerprint density at radius 3 is 2.54 bits per heavy atom. The lowest BCUT2D eigenvalue weighted by Crippen LogP contribution is -2.45. The maximum atomic E-state index is 12.5. The number of sulfonamides is 1. The lowest BCUT2D eigenvalue weighted by molar-refractivity contribution is -0.121.